The average Bonchev–Trinajstić information content (AvgIpc) is 2.77. The Hall–Kier alpha value is -1.66. The van der Waals surface area contributed by atoms with Gasteiger partial charge in [-0.3, -0.25) is 10.1 Å². The van der Waals surface area contributed by atoms with Crippen molar-refractivity contribution in [3.8, 4) is 5.75 Å². The molecule has 0 spiro atoms. The van der Waals surface area contributed by atoms with Crippen LogP contribution in [-0.2, 0) is 11.2 Å². The van der Waals surface area contributed by atoms with Crippen LogP contribution in [0, 0.1) is 12.7 Å². The van der Waals surface area contributed by atoms with Crippen molar-refractivity contribution < 1.29 is 13.9 Å². The fraction of sp³-hybridized carbons (Fsp3) is 0.286. The van der Waals surface area contributed by atoms with Gasteiger partial charge in [0, 0.05) is 4.88 Å². The van der Waals surface area contributed by atoms with E-state index in [1.54, 1.807) is 0 Å². The molecule has 2 aromatic rings. The van der Waals surface area contributed by atoms with Crippen LogP contribution in [0.1, 0.15) is 17.5 Å². The van der Waals surface area contributed by atoms with Crippen molar-refractivity contribution in [3.05, 3.63) is 39.6 Å². The summed E-state index contributed by atoms with van der Waals surface area (Å²) in [6, 6.07) is 3.73. The maximum atomic E-state index is 12.9. The van der Waals surface area contributed by atoms with Crippen molar-refractivity contribution in [2.75, 3.05) is 11.9 Å². The van der Waals surface area contributed by atoms with Crippen LogP contribution in [0.2, 0.25) is 5.02 Å². The molecule has 2 rings (SSSR count). The summed E-state index contributed by atoms with van der Waals surface area (Å²) in [6.45, 7) is 3.75. The Morgan fingerprint density at radius 3 is 2.90 bits per heavy atom. The van der Waals surface area contributed by atoms with E-state index in [9.17, 15) is 9.18 Å². The maximum absolute atomic E-state index is 12.9. The van der Waals surface area contributed by atoms with E-state index >= 15 is 0 Å². The number of carbonyl (C=O) groups is 1. The molecule has 0 atom stereocenters. The molecule has 0 fully saturated rings. The molecule has 1 aromatic carbocycles. The van der Waals surface area contributed by atoms with Crippen LogP contribution in [0.3, 0.4) is 0 Å². The molecule has 0 aliphatic rings. The maximum Gasteiger partial charge on any atom is 0.264 e. The monoisotopic (exact) mass is 328 g/mol. The molecule has 4 nitrogen and oxygen atoms in total. The smallest absolute Gasteiger partial charge is 0.264 e. The first-order chi connectivity index (χ1) is 9.99. The normalized spacial score (nSPS) is 10.5. The Labute approximate surface area is 130 Å². The highest BCUT2D eigenvalue weighted by Gasteiger charge is 2.11. The van der Waals surface area contributed by atoms with E-state index < -0.39 is 5.82 Å². The number of thiazole rings is 1. The van der Waals surface area contributed by atoms with Crippen molar-refractivity contribution in [2.24, 2.45) is 0 Å². The lowest BCUT2D eigenvalue weighted by atomic mass is 10.3. The second-order valence-electron chi connectivity index (χ2n) is 4.29. The number of anilines is 1. The van der Waals surface area contributed by atoms with Crippen molar-refractivity contribution in [1.82, 2.24) is 4.98 Å². The first-order valence-electron chi connectivity index (χ1n) is 6.33. The third-order valence-electron chi connectivity index (χ3n) is 2.73. The molecule has 1 N–H and O–H groups in total. The first-order valence-corrected chi connectivity index (χ1v) is 7.53. The minimum atomic E-state index is -0.456. The van der Waals surface area contributed by atoms with Gasteiger partial charge in [0.1, 0.15) is 11.6 Å². The molecule has 0 bridgehead atoms. The number of ether oxygens (including phenoxy) is 1. The quantitative estimate of drug-likeness (QED) is 0.907. The Balaban J connectivity index is 1.92. The number of rotatable bonds is 5. The number of hydrogen-bond donors (Lipinski definition) is 1. The number of nitrogens with zero attached hydrogens (tertiary/aromatic N) is 1. The van der Waals surface area contributed by atoms with Crippen molar-refractivity contribution >= 4 is 34.0 Å². The summed E-state index contributed by atoms with van der Waals surface area (Å²) in [4.78, 5) is 17.2. The summed E-state index contributed by atoms with van der Waals surface area (Å²) in [7, 11) is 0. The Morgan fingerprint density at radius 2 is 2.29 bits per heavy atom. The molecular weight excluding hydrogens is 315 g/mol. The molecule has 0 unspecified atom stereocenters. The fourth-order valence-corrected chi connectivity index (χ4v) is 2.84. The molecule has 112 valence electrons. The molecular formula is C14H14ClFN2O2S. The third-order valence-corrected chi connectivity index (χ3v) is 3.95. The molecule has 1 amide bonds. The van der Waals surface area contributed by atoms with Crippen LogP contribution in [0.5, 0.6) is 5.75 Å². The summed E-state index contributed by atoms with van der Waals surface area (Å²) in [5.74, 6) is -0.535. The van der Waals surface area contributed by atoms with Gasteiger partial charge in [-0.15, -0.1) is 11.3 Å². The number of benzene rings is 1. The lowest BCUT2D eigenvalue weighted by Crippen LogP contribution is -2.20. The topological polar surface area (TPSA) is 51.2 Å². The van der Waals surface area contributed by atoms with Crippen molar-refractivity contribution in [2.45, 2.75) is 20.3 Å². The number of hydrogen-bond acceptors (Lipinski definition) is 4. The van der Waals surface area contributed by atoms with Gasteiger partial charge in [-0.05, 0) is 31.5 Å². The van der Waals surface area contributed by atoms with E-state index in [1.807, 2.05) is 13.8 Å². The van der Waals surface area contributed by atoms with Gasteiger partial charge >= 0.3 is 0 Å². The number of aromatic nitrogens is 1. The molecule has 0 radical (unpaired) electrons. The Morgan fingerprint density at radius 1 is 1.52 bits per heavy atom. The van der Waals surface area contributed by atoms with Gasteiger partial charge in [0.05, 0.1) is 10.7 Å². The van der Waals surface area contributed by atoms with E-state index in [4.69, 9.17) is 16.3 Å². The fourth-order valence-electron chi connectivity index (χ4n) is 1.70. The highest BCUT2D eigenvalue weighted by atomic mass is 35.5. The van der Waals surface area contributed by atoms with Crippen LogP contribution in [0.15, 0.2) is 18.2 Å². The van der Waals surface area contributed by atoms with Crippen LogP contribution in [-0.4, -0.2) is 17.5 Å². The number of halogens is 2. The SMILES string of the molecule is CCc1nc(NC(=O)COc2ccc(F)cc2Cl)sc1C. The summed E-state index contributed by atoms with van der Waals surface area (Å²) in [5, 5.41) is 3.34. The summed E-state index contributed by atoms with van der Waals surface area (Å²) in [6.07, 6.45) is 0.819. The van der Waals surface area contributed by atoms with Gasteiger partial charge in [0.2, 0.25) is 0 Å². The molecule has 1 aromatic heterocycles. The Bertz CT molecular complexity index is 660. The minimum absolute atomic E-state index is 0.126. The van der Waals surface area contributed by atoms with E-state index in [-0.39, 0.29) is 23.3 Å². The number of aryl methyl sites for hydroxylation is 2. The summed E-state index contributed by atoms with van der Waals surface area (Å²) < 4.78 is 18.1. The zero-order valence-electron chi connectivity index (χ0n) is 11.6. The van der Waals surface area contributed by atoms with Gasteiger partial charge in [-0.1, -0.05) is 18.5 Å². The molecule has 1 heterocycles. The Kier molecular flexibility index (Phi) is 5.14. The zero-order chi connectivity index (χ0) is 15.4. The van der Waals surface area contributed by atoms with Crippen LogP contribution >= 0.6 is 22.9 Å². The van der Waals surface area contributed by atoms with E-state index in [0.29, 0.717) is 5.13 Å². The van der Waals surface area contributed by atoms with E-state index in [2.05, 4.69) is 10.3 Å². The van der Waals surface area contributed by atoms with Crippen LogP contribution < -0.4 is 10.1 Å². The lowest BCUT2D eigenvalue weighted by Gasteiger charge is -2.07. The van der Waals surface area contributed by atoms with Crippen LogP contribution in [0.25, 0.3) is 0 Å². The highest BCUT2D eigenvalue weighted by molar-refractivity contribution is 7.15. The third kappa shape index (κ3) is 4.15. The van der Waals surface area contributed by atoms with E-state index in [1.165, 1.54) is 23.5 Å². The number of nitrogens with one attached hydrogen (secondary N) is 1. The van der Waals surface area contributed by atoms with Crippen molar-refractivity contribution in [1.29, 1.82) is 0 Å². The minimum Gasteiger partial charge on any atom is -0.482 e. The largest absolute Gasteiger partial charge is 0.482 e. The van der Waals surface area contributed by atoms with Gasteiger partial charge in [-0.2, -0.15) is 0 Å². The molecule has 7 heteroatoms. The van der Waals surface area contributed by atoms with E-state index in [0.717, 1.165) is 23.1 Å². The molecule has 0 aliphatic carbocycles. The van der Waals surface area contributed by atoms with Gasteiger partial charge in [-0.25, -0.2) is 9.37 Å². The predicted molar refractivity (Wildman–Crippen MR) is 81.8 cm³/mol. The lowest BCUT2D eigenvalue weighted by molar-refractivity contribution is -0.118. The zero-order valence-corrected chi connectivity index (χ0v) is 13.1. The standard InChI is InChI=1S/C14H14ClFN2O2S/c1-3-11-8(2)21-14(17-11)18-13(19)7-20-12-5-4-9(16)6-10(12)15/h4-6H,3,7H2,1-2H3,(H,17,18,19). The summed E-state index contributed by atoms with van der Waals surface area (Å²) in [5.41, 5.74) is 0.970. The van der Waals surface area contributed by atoms with Crippen molar-refractivity contribution in [3.63, 3.8) is 0 Å². The second kappa shape index (κ2) is 6.87. The van der Waals surface area contributed by atoms with Gasteiger partial charge in [0.25, 0.3) is 5.91 Å². The second-order valence-corrected chi connectivity index (χ2v) is 5.90. The van der Waals surface area contributed by atoms with Crippen LogP contribution in [0.4, 0.5) is 9.52 Å². The highest BCUT2D eigenvalue weighted by Crippen LogP contribution is 2.25. The van der Waals surface area contributed by atoms with Gasteiger partial charge in [0.15, 0.2) is 11.7 Å². The average molecular weight is 329 g/mol. The molecule has 0 saturated carbocycles. The summed E-state index contributed by atoms with van der Waals surface area (Å²) >= 11 is 7.23. The van der Waals surface area contributed by atoms with Gasteiger partial charge < -0.3 is 4.74 Å². The predicted octanol–water partition coefficient (Wildman–Crippen LogP) is 3.82. The number of amides is 1. The molecule has 21 heavy (non-hydrogen) atoms. The molecule has 0 aliphatic heterocycles. The first kappa shape index (κ1) is 15.7. The molecule has 0 saturated heterocycles. The number of carbonyl (C=O) groups excluding carboxylic acids is 1.